The molecule has 1 aromatic carbocycles. The van der Waals surface area contributed by atoms with Gasteiger partial charge in [-0.2, -0.15) is 5.26 Å². The lowest BCUT2D eigenvalue weighted by Crippen LogP contribution is -2.36. The van der Waals surface area contributed by atoms with Crippen molar-refractivity contribution in [3.8, 4) is 6.07 Å². The molecule has 0 unspecified atom stereocenters. The van der Waals surface area contributed by atoms with Crippen molar-refractivity contribution in [1.82, 2.24) is 0 Å². The first-order valence-corrected chi connectivity index (χ1v) is 7.17. The van der Waals surface area contributed by atoms with Crippen LogP contribution in [0.15, 0.2) is 18.2 Å². The van der Waals surface area contributed by atoms with Gasteiger partial charge in [-0.1, -0.05) is 37.3 Å². The fourth-order valence-electron chi connectivity index (χ4n) is 2.55. The van der Waals surface area contributed by atoms with Crippen LogP contribution in [-0.4, -0.2) is 17.3 Å². The molecule has 0 bridgehead atoms. The van der Waals surface area contributed by atoms with Crippen molar-refractivity contribution < 1.29 is 5.11 Å². The van der Waals surface area contributed by atoms with E-state index in [0.29, 0.717) is 17.1 Å². The number of nitrogens with zero attached hydrogens (tertiary/aromatic N) is 1. The van der Waals surface area contributed by atoms with Crippen LogP contribution in [0.4, 0.5) is 5.69 Å². The summed E-state index contributed by atoms with van der Waals surface area (Å²) in [5.41, 5.74) is 0.707. The van der Waals surface area contributed by atoms with Crippen molar-refractivity contribution in [2.24, 2.45) is 0 Å². The minimum atomic E-state index is -0.614. The molecule has 0 atom stereocenters. The van der Waals surface area contributed by atoms with Crippen molar-refractivity contribution >= 4 is 17.3 Å². The number of benzene rings is 1. The third kappa shape index (κ3) is 3.86. The van der Waals surface area contributed by atoms with Gasteiger partial charge >= 0.3 is 0 Å². The van der Waals surface area contributed by atoms with Crippen LogP contribution in [0.2, 0.25) is 5.02 Å². The highest BCUT2D eigenvalue weighted by Crippen LogP contribution is 2.28. The Labute approximate surface area is 119 Å². The predicted octanol–water partition coefficient (Wildman–Crippen LogP) is 3.71. The molecule has 0 radical (unpaired) electrons. The predicted molar refractivity (Wildman–Crippen MR) is 77.3 cm³/mol. The van der Waals surface area contributed by atoms with Gasteiger partial charge in [0.25, 0.3) is 0 Å². The summed E-state index contributed by atoms with van der Waals surface area (Å²) in [7, 11) is 0. The summed E-state index contributed by atoms with van der Waals surface area (Å²) >= 11 is 5.99. The van der Waals surface area contributed by atoms with E-state index in [2.05, 4.69) is 5.32 Å². The monoisotopic (exact) mass is 278 g/mol. The third-order valence-corrected chi connectivity index (χ3v) is 4.06. The van der Waals surface area contributed by atoms with E-state index in [9.17, 15) is 5.11 Å². The van der Waals surface area contributed by atoms with Crippen molar-refractivity contribution in [2.75, 3.05) is 11.9 Å². The average Bonchev–Trinajstić information content (AvgIpc) is 2.62. The molecule has 0 amide bonds. The minimum Gasteiger partial charge on any atom is -0.388 e. The number of rotatable bonds is 3. The molecule has 2 rings (SSSR count). The zero-order valence-electron chi connectivity index (χ0n) is 11.0. The zero-order chi connectivity index (χ0) is 13.7. The van der Waals surface area contributed by atoms with Crippen molar-refractivity contribution in [1.29, 1.82) is 5.26 Å². The molecule has 1 saturated carbocycles. The summed E-state index contributed by atoms with van der Waals surface area (Å²) in [6.45, 7) is 0.537. The number of halogens is 1. The smallest absolute Gasteiger partial charge is 0.101 e. The zero-order valence-corrected chi connectivity index (χ0v) is 11.7. The average molecular weight is 279 g/mol. The lowest BCUT2D eigenvalue weighted by atomic mass is 9.94. The largest absolute Gasteiger partial charge is 0.388 e. The van der Waals surface area contributed by atoms with E-state index < -0.39 is 5.60 Å². The van der Waals surface area contributed by atoms with E-state index in [1.165, 1.54) is 12.8 Å². The van der Waals surface area contributed by atoms with Gasteiger partial charge in [0.05, 0.1) is 16.2 Å². The fourth-order valence-corrected chi connectivity index (χ4v) is 2.77. The maximum atomic E-state index is 10.5. The van der Waals surface area contributed by atoms with Crippen molar-refractivity contribution in [3.05, 3.63) is 28.8 Å². The van der Waals surface area contributed by atoms with Crippen LogP contribution in [0.3, 0.4) is 0 Å². The van der Waals surface area contributed by atoms with Gasteiger partial charge < -0.3 is 10.4 Å². The highest BCUT2D eigenvalue weighted by Gasteiger charge is 2.27. The Hall–Kier alpha value is -1.24. The van der Waals surface area contributed by atoms with Gasteiger partial charge in [0.1, 0.15) is 6.07 Å². The Kier molecular flexibility index (Phi) is 4.68. The van der Waals surface area contributed by atoms with E-state index in [-0.39, 0.29) is 0 Å². The van der Waals surface area contributed by atoms with Crippen LogP contribution < -0.4 is 5.32 Å². The number of hydrogen-bond donors (Lipinski definition) is 2. The van der Waals surface area contributed by atoms with Crippen LogP contribution in [0, 0.1) is 11.3 Å². The Morgan fingerprint density at radius 3 is 2.53 bits per heavy atom. The maximum absolute atomic E-state index is 10.5. The van der Waals surface area contributed by atoms with Crippen LogP contribution >= 0.6 is 11.6 Å². The first-order valence-electron chi connectivity index (χ1n) is 6.79. The molecule has 0 spiro atoms. The van der Waals surface area contributed by atoms with E-state index in [4.69, 9.17) is 16.9 Å². The quantitative estimate of drug-likeness (QED) is 0.829. The molecule has 1 aliphatic rings. The summed E-state index contributed by atoms with van der Waals surface area (Å²) in [5.74, 6) is 0. The highest BCUT2D eigenvalue weighted by molar-refractivity contribution is 6.32. The molecular weight excluding hydrogens is 260 g/mol. The van der Waals surface area contributed by atoms with Gasteiger partial charge in [0.15, 0.2) is 0 Å². The van der Waals surface area contributed by atoms with E-state index >= 15 is 0 Å². The highest BCUT2D eigenvalue weighted by atomic mass is 35.5. The Morgan fingerprint density at radius 1 is 1.26 bits per heavy atom. The fraction of sp³-hybridized carbons (Fsp3) is 0.533. The standard InChI is InChI=1S/C15H19ClN2O/c16-14-9-13(6-5-12(14)10-17)18-11-15(19)7-3-1-2-4-8-15/h5-6,9,18-19H,1-4,7-8,11H2. The van der Waals surface area contributed by atoms with Gasteiger partial charge in [-0.3, -0.25) is 0 Å². The van der Waals surface area contributed by atoms with E-state index in [0.717, 1.165) is 31.4 Å². The van der Waals surface area contributed by atoms with E-state index in [1.807, 2.05) is 12.1 Å². The molecule has 2 N–H and O–H groups in total. The Bertz CT molecular complexity index is 474. The molecule has 0 heterocycles. The van der Waals surface area contributed by atoms with E-state index in [1.54, 1.807) is 12.1 Å². The van der Waals surface area contributed by atoms with Gasteiger partial charge in [0.2, 0.25) is 0 Å². The minimum absolute atomic E-state index is 0.445. The van der Waals surface area contributed by atoms with Crippen molar-refractivity contribution in [3.63, 3.8) is 0 Å². The second-order valence-electron chi connectivity index (χ2n) is 5.30. The molecule has 0 saturated heterocycles. The van der Waals surface area contributed by atoms with Gasteiger partial charge in [-0.15, -0.1) is 0 Å². The van der Waals surface area contributed by atoms with Crippen LogP contribution in [0.1, 0.15) is 44.1 Å². The Morgan fingerprint density at radius 2 is 1.95 bits per heavy atom. The summed E-state index contributed by atoms with van der Waals surface area (Å²) in [6.07, 6.45) is 6.31. The number of nitriles is 1. The molecule has 1 aliphatic carbocycles. The van der Waals surface area contributed by atoms with Gasteiger partial charge in [-0.05, 0) is 31.0 Å². The summed E-state index contributed by atoms with van der Waals surface area (Å²) in [5, 5.41) is 23.0. The molecule has 1 aromatic rings. The summed E-state index contributed by atoms with van der Waals surface area (Å²) in [6, 6.07) is 7.29. The number of nitrogens with one attached hydrogen (secondary N) is 1. The lowest BCUT2D eigenvalue weighted by Gasteiger charge is -2.27. The Balaban J connectivity index is 1.98. The van der Waals surface area contributed by atoms with Crippen LogP contribution in [0.25, 0.3) is 0 Å². The molecule has 4 heteroatoms. The van der Waals surface area contributed by atoms with Gasteiger partial charge in [0, 0.05) is 12.2 Å². The van der Waals surface area contributed by atoms with Crippen LogP contribution in [-0.2, 0) is 0 Å². The molecule has 0 aliphatic heterocycles. The normalized spacial score (nSPS) is 18.4. The molecule has 3 nitrogen and oxygen atoms in total. The number of hydrogen-bond acceptors (Lipinski definition) is 3. The first-order chi connectivity index (χ1) is 9.13. The molecular formula is C15H19ClN2O. The molecule has 0 aromatic heterocycles. The number of anilines is 1. The second kappa shape index (κ2) is 6.27. The van der Waals surface area contributed by atoms with Crippen LogP contribution in [0.5, 0.6) is 0 Å². The maximum Gasteiger partial charge on any atom is 0.101 e. The lowest BCUT2D eigenvalue weighted by molar-refractivity contribution is 0.0381. The molecule has 102 valence electrons. The third-order valence-electron chi connectivity index (χ3n) is 3.75. The topological polar surface area (TPSA) is 56.0 Å². The summed E-state index contributed by atoms with van der Waals surface area (Å²) in [4.78, 5) is 0. The molecule has 19 heavy (non-hydrogen) atoms. The molecule has 1 fully saturated rings. The summed E-state index contributed by atoms with van der Waals surface area (Å²) < 4.78 is 0. The first kappa shape index (κ1) is 14.2. The number of aliphatic hydroxyl groups is 1. The van der Waals surface area contributed by atoms with Gasteiger partial charge in [-0.25, -0.2) is 0 Å². The second-order valence-corrected chi connectivity index (χ2v) is 5.71. The van der Waals surface area contributed by atoms with Crippen molar-refractivity contribution in [2.45, 2.75) is 44.1 Å². The SMILES string of the molecule is N#Cc1ccc(NCC2(O)CCCCCC2)cc1Cl.